The van der Waals surface area contributed by atoms with Crippen LogP contribution in [0.2, 0.25) is 0 Å². The molecule has 1 atom stereocenters. The standard InChI is InChI=1S/C21H17BrN2O3S/c1-27-15-5-2-4-13(10-15)21(26)24-12-19(25)23-17-8-7-14(22)11-16(17)20(24)18-6-3-9-28-18/h2-11,20H,12H2,1H3,(H,23,25). The van der Waals surface area contributed by atoms with Crippen LogP contribution in [0.3, 0.4) is 0 Å². The summed E-state index contributed by atoms with van der Waals surface area (Å²) in [6.07, 6.45) is 0. The van der Waals surface area contributed by atoms with Crippen LogP contribution < -0.4 is 10.1 Å². The number of hydrogen-bond acceptors (Lipinski definition) is 4. The summed E-state index contributed by atoms with van der Waals surface area (Å²) in [5.74, 6) is 0.153. The summed E-state index contributed by atoms with van der Waals surface area (Å²) in [6, 6.07) is 16.3. The largest absolute Gasteiger partial charge is 0.497 e. The molecule has 1 N–H and O–H groups in total. The predicted molar refractivity (Wildman–Crippen MR) is 113 cm³/mol. The van der Waals surface area contributed by atoms with Crippen molar-refractivity contribution in [3.8, 4) is 5.75 Å². The highest BCUT2D eigenvalue weighted by Crippen LogP contribution is 2.39. The van der Waals surface area contributed by atoms with Crippen LogP contribution in [0.5, 0.6) is 5.75 Å². The van der Waals surface area contributed by atoms with E-state index in [1.54, 1.807) is 47.6 Å². The number of amides is 2. The number of thiophene rings is 1. The van der Waals surface area contributed by atoms with Gasteiger partial charge >= 0.3 is 0 Å². The molecule has 1 unspecified atom stereocenters. The number of anilines is 1. The van der Waals surface area contributed by atoms with Gasteiger partial charge in [-0.2, -0.15) is 0 Å². The molecule has 2 amide bonds. The Bertz CT molecular complexity index is 1040. The summed E-state index contributed by atoms with van der Waals surface area (Å²) in [6.45, 7) is -0.0368. The maximum atomic E-state index is 13.4. The third-order valence-electron chi connectivity index (χ3n) is 4.60. The van der Waals surface area contributed by atoms with Crippen LogP contribution in [0.15, 0.2) is 64.5 Å². The molecule has 2 aromatic carbocycles. The zero-order valence-electron chi connectivity index (χ0n) is 15.0. The van der Waals surface area contributed by atoms with E-state index < -0.39 is 0 Å². The Kier molecular flexibility index (Phi) is 5.19. The second-order valence-corrected chi connectivity index (χ2v) is 8.26. The summed E-state index contributed by atoms with van der Waals surface area (Å²) in [4.78, 5) is 28.6. The second kappa shape index (κ2) is 7.77. The number of carbonyl (C=O) groups excluding carboxylic acids is 2. The highest BCUT2D eigenvalue weighted by atomic mass is 79.9. The predicted octanol–water partition coefficient (Wildman–Crippen LogP) is 4.70. The van der Waals surface area contributed by atoms with Gasteiger partial charge in [-0.05, 0) is 47.8 Å². The summed E-state index contributed by atoms with van der Waals surface area (Å²) >= 11 is 5.07. The van der Waals surface area contributed by atoms with Gasteiger partial charge in [-0.15, -0.1) is 11.3 Å². The molecule has 0 bridgehead atoms. The van der Waals surface area contributed by atoms with Crippen LogP contribution >= 0.6 is 27.3 Å². The maximum absolute atomic E-state index is 13.4. The Morgan fingerprint density at radius 2 is 2.07 bits per heavy atom. The average molecular weight is 457 g/mol. The number of hydrogen-bond donors (Lipinski definition) is 1. The lowest BCUT2D eigenvalue weighted by molar-refractivity contribution is -0.117. The second-order valence-electron chi connectivity index (χ2n) is 6.36. The van der Waals surface area contributed by atoms with Crippen LogP contribution in [0.1, 0.15) is 26.8 Å². The molecule has 4 rings (SSSR count). The Morgan fingerprint density at radius 1 is 1.21 bits per heavy atom. The number of fused-ring (bicyclic) bond motifs is 1. The summed E-state index contributed by atoms with van der Waals surface area (Å²) in [5.41, 5.74) is 2.07. The third-order valence-corrected chi connectivity index (χ3v) is 6.02. The van der Waals surface area contributed by atoms with Gasteiger partial charge in [0.05, 0.1) is 13.2 Å². The van der Waals surface area contributed by atoms with Gasteiger partial charge in [0.2, 0.25) is 5.91 Å². The zero-order valence-corrected chi connectivity index (χ0v) is 17.4. The lowest BCUT2D eigenvalue weighted by Crippen LogP contribution is -2.38. The molecular weight excluding hydrogens is 440 g/mol. The first-order valence-corrected chi connectivity index (χ1v) is 10.3. The molecule has 1 aliphatic heterocycles. The molecule has 7 heteroatoms. The van der Waals surface area contributed by atoms with E-state index in [9.17, 15) is 9.59 Å². The van der Waals surface area contributed by atoms with E-state index in [4.69, 9.17) is 4.74 Å². The quantitative estimate of drug-likeness (QED) is 0.620. The fourth-order valence-corrected chi connectivity index (χ4v) is 4.58. The van der Waals surface area contributed by atoms with Crippen LogP contribution in [-0.4, -0.2) is 30.4 Å². The van der Waals surface area contributed by atoms with E-state index in [0.29, 0.717) is 17.0 Å². The molecule has 0 radical (unpaired) electrons. The van der Waals surface area contributed by atoms with Crippen molar-refractivity contribution in [2.24, 2.45) is 0 Å². The Labute approximate surface area is 175 Å². The van der Waals surface area contributed by atoms with Crippen molar-refractivity contribution in [2.45, 2.75) is 6.04 Å². The molecule has 0 fully saturated rings. The van der Waals surface area contributed by atoms with Gasteiger partial charge in [0.1, 0.15) is 12.3 Å². The lowest BCUT2D eigenvalue weighted by atomic mass is 10.0. The first kappa shape index (κ1) is 18.7. The van der Waals surface area contributed by atoms with Gasteiger partial charge in [-0.3, -0.25) is 9.59 Å². The minimum atomic E-state index is -0.370. The van der Waals surface area contributed by atoms with E-state index in [1.165, 1.54) is 0 Å². The number of benzene rings is 2. The third kappa shape index (κ3) is 3.55. The highest BCUT2D eigenvalue weighted by molar-refractivity contribution is 9.10. The van der Waals surface area contributed by atoms with Gasteiger partial charge in [0, 0.05) is 26.2 Å². The average Bonchev–Trinajstić information content (AvgIpc) is 3.18. The molecule has 142 valence electrons. The monoisotopic (exact) mass is 456 g/mol. The normalized spacial score (nSPS) is 16.1. The molecular formula is C21H17BrN2O3S. The van der Waals surface area contributed by atoms with E-state index >= 15 is 0 Å². The summed E-state index contributed by atoms with van der Waals surface area (Å²) in [7, 11) is 1.56. The molecule has 3 aromatic rings. The Morgan fingerprint density at radius 3 is 2.82 bits per heavy atom. The molecule has 1 aromatic heterocycles. The number of ether oxygens (including phenoxy) is 1. The molecule has 0 saturated heterocycles. The zero-order chi connectivity index (χ0) is 19.7. The molecule has 0 saturated carbocycles. The molecule has 0 spiro atoms. The minimum absolute atomic E-state index is 0.0368. The lowest BCUT2D eigenvalue weighted by Gasteiger charge is -2.29. The Hall–Kier alpha value is -2.64. The fraction of sp³-hybridized carbons (Fsp3) is 0.143. The Balaban J connectivity index is 1.86. The first-order chi connectivity index (χ1) is 13.6. The van der Waals surface area contributed by atoms with Crippen molar-refractivity contribution in [3.05, 3.63) is 80.5 Å². The number of nitrogens with zero attached hydrogens (tertiary/aromatic N) is 1. The van der Waals surface area contributed by atoms with Crippen molar-refractivity contribution in [3.63, 3.8) is 0 Å². The minimum Gasteiger partial charge on any atom is -0.497 e. The number of rotatable bonds is 3. The van der Waals surface area contributed by atoms with Crippen LogP contribution in [0.25, 0.3) is 0 Å². The number of carbonyl (C=O) groups is 2. The van der Waals surface area contributed by atoms with E-state index in [-0.39, 0.29) is 24.4 Å². The van der Waals surface area contributed by atoms with Crippen molar-refractivity contribution < 1.29 is 14.3 Å². The number of methoxy groups -OCH3 is 1. The van der Waals surface area contributed by atoms with Crippen LogP contribution in [-0.2, 0) is 4.79 Å². The molecule has 2 heterocycles. The van der Waals surface area contributed by atoms with Crippen LogP contribution in [0.4, 0.5) is 5.69 Å². The topological polar surface area (TPSA) is 58.6 Å². The van der Waals surface area contributed by atoms with Gasteiger partial charge in [-0.1, -0.05) is 28.1 Å². The van der Waals surface area contributed by atoms with Crippen molar-refractivity contribution >= 4 is 44.8 Å². The van der Waals surface area contributed by atoms with E-state index in [1.807, 2.05) is 35.7 Å². The van der Waals surface area contributed by atoms with Gasteiger partial charge in [0.25, 0.3) is 5.91 Å². The van der Waals surface area contributed by atoms with E-state index in [2.05, 4.69) is 21.2 Å². The smallest absolute Gasteiger partial charge is 0.255 e. The first-order valence-electron chi connectivity index (χ1n) is 8.64. The molecule has 5 nitrogen and oxygen atoms in total. The number of nitrogens with one attached hydrogen (secondary N) is 1. The van der Waals surface area contributed by atoms with Crippen LogP contribution in [0, 0.1) is 0 Å². The van der Waals surface area contributed by atoms with Crippen molar-refractivity contribution in [1.29, 1.82) is 0 Å². The molecule has 28 heavy (non-hydrogen) atoms. The van der Waals surface area contributed by atoms with Gasteiger partial charge in [0.15, 0.2) is 0 Å². The summed E-state index contributed by atoms with van der Waals surface area (Å²) < 4.78 is 6.14. The summed E-state index contributed by atoms with van der Waals surface area (Å²) in [5, 5.41) is 4.90. The fourth-order valence-electron chi connectivity index (χ4n) is 3.34. The van der Waals surface area contributed by atoms with Crippen molar-refractivity contribution in [1.82, 2.24) is 4.90 Å². The maximum Gasteiger partial charge on any atom is 0.255 e. The van der Waals surface area contributed by atoms with Gasteiger partial charge < -0.3 is 15.0 Å². The molecule has 1 aliphatic rings. The van der Waals surface area contributed by atoms with Crippen molar-refractivity contribution in [2.75, 3.05) is 19.0 Å². The van der Waals surface area contributed by atoms with E-state index in [0.717, 1.165) is 14.9 Å². The molecule has 0 aliphatic carbocycles. The highest BCUT2D eigenvalue weighted by Gasteiger charge is 2.34. The SMILES string of the molecule is COc1cccc(C(=O)N2CC(=O)Nc3ccc(Br)cc3C2c2cccs2)c1. The number of halogens is 1. The van der Waals surface area contributed by atoms with Gasteiger partial charge in [-0.25, -0.2) is 0 Å².